The number of hydrogen-bond donors (Lipinski definition) is 1. The molecular formula is C13H18N2O2. The van der Waals surface area contributed by atoms with Crippen molar-refractivity contribution in [2.24, 2.45) is 0 Å². The van der Waals surface area contributed by atoms with Gasteiger partial charge in [-0.05, 0) is 18.2 Å². The van der Waals surface area contributed by atoms with Crippen molar-refractivity contribution in [1.29, 1.82) is 0 Å². The first kappa shape index (κ1) is 12.1. The predicted molar refractivity (Wildman–Crippen MR) is 65.3 cm³/mol. The van der Waals surface area contributed by atoms with Gasteiger partial charge in [0.2, 0.25) is 5.91 Å². The third-order valence-corrected chi connectivity index (χ3v) is 3.09. The van der Waals surface area contributed by atoms with E-state index in [9.17, 15) is 4.79 Å². The van der Waals surface area contributed by atoms with E-state index in [0.29, 0.717) is 13.1 Å². The lowest BCUT2D eigenvalue weighted by molar-refractivity contribution is -0.136. The second kappa shape index (κ2) is 5.29. The average Bonchev–Trinajstić information content (AvgIpc) is 2.34. The molecule has 1 aliphatic heterocycles. The highest BCUT2D eigenvalue weighted by Gasteiger charge is 2.21. The van der Waals surface area contributed by atoms with Gasteiger partial charge >= 0.3 is 0 Å². The van der Waals surface area contributed by atoms with E-state index in [1.807, 2.05) is 41.1 Å². The Kier molecular flexibility index (Phi) is 3.76. The van der Waals surface area contributed by atoms with E-state index in [0.717, 1.165) is 24.2 Å². The highest BCUT2D eigenvalue weighted by molar-refractivity contribution is 5.78. The van der Waals surface area contributed by atoms with Crippen LogP contribution < -0.4 is 0 Å². The quantitative estimate of drug-likeness (QED) is 0.826. The number of aliphatic hydroxyl groups excluding tert-OH is 1. The van der Waals surface area contributed by atoms with E-state index in [2.05, 4.69) is 0 Å². The van der Waals surface area contributed by atoms with Crippen LogP contribution in [0.3, 0.4) is 0 Å². The number of likely N-dealkylation sites (N-methyl/N-ethyl adjacent to an activating group) is 1. The second-order valence-electron chi connectivity index (χ2n) is 4.53. The van der Waals surface area contributed by atoms with Crippen LogP contribution in [0.4, 0.5) is 0 Å². The summed E-state index contributed by atoms with van der Waals surface area (Å²) < 4.78 is 0. The highest BCUT2D eigenvalue weighted by atomic mass is 16.3. The summed E-state index contributed by atoms with van der Waals surface area (Å²) >= 11 is 0. The lowest BCUT2D eigenvalue weighted by atomic mass is 10.1. The van der Waals surface area contributed by atoms with Gasteiger partial charge < -0.3 is 10.0 Å². The lowest BCUT2D eigenvalue weighted by Crippen LogP contribution is -2.48. The zero-order valence-electron chi connectivity index (χ0n) is 10.1. The van der Waals surface area contributed by atoms with Crippen molar-refractivity contribution in [3.05, 3.63) is 35.4 Å². The number of carbonyl (C=O) groups excluding carboxylic acids is 1. The first-order valence-corrected chi connectivity index (χ1v) is 5.84. The molecule has 1 fully saturated rings. The minimum Gasteiger partial charge on any atom is -0.392 e. The van der Waals surface area contributed by atoms with Crippen LogP contribution in [-0.4, -0.2) is 47.5 Å². The molecule has 0 bridgehead atoms. The van der Waals surface area contributed by atoms with E-state index in [1.54, 1.807) is 0 Å². The van der Waals surface area contributed by atoms with E-state index >= 15 is 0 Å². The Morgan fingerprint density at radius 1 is 1.18 bits per heavy atom. The van der Waals surface area contributed by atoms with Crippen molar-refractivity contribution in [2.75, 3.05) is 26.7 Å². The van der Waals surface area contributed by atoms with E-state index < -0.39 is 0 Å². The van der Waals surface area contributed by atoms with Gasteiger partial charge in [0, 0.05) is 19.6 Å². The normalized spacial score (nSPS) is 17.5. The molecule has 4 nitrogen and oxygen atoms in total. The van der Waals surface area contributed by atoms with Crippen LogP contribution in [0.2, 0.25) is 0 Å². The minimum atomic E-state index is 0.0632. The van der Waals surface area contributed by atoms with Crippen LogP contribution in [0.15, 0.2) is 24.3 Å². The van der Waals surface area contributed by atoms with Crippen LogP contribution in [0.5, 0.6) is 0 Å². The number of nitrogens with zero attached hydrogens (tertiary/aromatic N) is 2. The minimum absolute atomic E-state index is 0.0632. The fourth-order valence-electron chi connectivity index (χ4n) is 1.96. The molecule has 92 valence electrons. The molecule has 0 aliphatic carbocycles. The number of amides is 1. The van der Waals surface area contributed by atoms with Gasteiger partial charge in [-0.2, -0.15) is 0 Å². The average molecular weight is 234 g/mol. The monoisotopic (exact) mass is 234 g/mol. The smallest absolute Gasteiger partial charge is 0.237 e. The summed E-state index contributed by atoms with van der Waals surface area (Å²) in [5.74, 6) is 0.185. The van der Waals surface area contributed by atoms with Gasteiger partial charge in [0.05, 0.1) is 13.2 Å². The summed E-state index contributed by atoms with van der Waals surface area (Å²) in [6, 6.07) is 7.74. The van der Waals surface area contributed by atoms with Gasteiger partial charge in [0.25, 0.3) is 0 Å². The van der Waals surface area contributed by atoms with Crippen LogP contribution in [0.1, 0.15) is 11.1 Å². The Morgan fingerprint density at radius 3 is 2.41 bits per heavy atom. The Morgan fingerprint density at radius 2 is 1.82 bits per heavy atom. The maximum Gasteiger partial charge on any atom is 0.237 e. The number of carbonyl (C=O) groups is 1. The zero-order chi connectivity index (χ0) is 12.3. The van der Waals surface area contributed by atoms with Gasteiger partial charge in [-0.3, -0.25) is 9.69 Å². The van der Waals surface area contributed by atoms with Gasteiger partial charge in [0.15, 0.2) is 0 Å². The number of piperazine rings is 1. The highest BCUT2D eigenvalue weighted by Crippen LogP contribution is 2.10. The summed E-state index contributed by atoms with van der Waals surface area (Å²) in [5, 5.41) is 8.95. The Labute approximate surface area is 101 Å². The molecule has 4 heteroatoms. The Hall–Kier alpha value is -1.39. The number of benzene rings is 1. The summed E-state index contributed by atoms with van der Waals surface area (Å²) in [4.78, 5) is 15.7. The predicted octanol–water partition coefficient (Wildman–Crippen LogP) is 0.453. The molecule has 0 radical (unpaired) electrons. The molecule has 1 N–H and O–H groups in total. The molecule has 0 spiro atoms. The topological polar surface area (TPSA) is 43.8 Å². The largest absolute Gasteiger partial charge is 0.392 e. The van der Waals surface area contributed by atoms with E-state index in [-0.39, 0.29) is 12.5 Å². The van der Waals surface area contributed by atoms with Crippen LogP contribution in [0.25, 0.3) is 0 Å². The van der Waals surface area contributed by atoms with Gasteiger partial charge in [-0.1, -0.05) is 24.3 Å². The fourth-order valence-corrected chi connectivity index (χ4v) is 1.96. The molecular weight excluding hydrogens is 216 g/mol. The molecule has 1 aliphatic rings. The number of hydrogen-bond acceptors (Lipinski definition) is 3. The molecule has 0 unspecified atom stereocenters. The first-order chi connectivity index (χ1) is 8.19. The maximum absolute atomic E-state index is 11.8. The summed E-state index contributed by atoms with van der Waals surface area (Å²) in [7, 11) is 1.96. The third-order valence-electron chi connectivity index (χ3n) is 3.09. The van der Waals surface area contributed by atoms with Crippen molar-refractivity contribution in [1.82, 2.24) is 9.80 Å². The van der Waals surface area contributed by atoms with Crippen molar-refractivity contribution in [3.8, 4) is 0 Å². The van der Waals surface area contributed by atoms with E-state index in [4.69, 9.17) is 5.11 Å². The molecule has 1 aromatic carbocycles. The molecule has 1 heterocycles. The number of rotatable bonds is 3. The standard InChI is InChI=1S/C13H18N2O2/c1-14-6-7-15(13(17)9-14)8-11-2-4-12(10-16)5-3-11/h2-5,16H,6-10H2,1H3. The third kappa shape index (κ3) is 3.05. The molecule has 0 atom stereocenters. The van der Waals surface area contributed by atoms with Crippen molar-refractivity contribution in [2.45, 2.75) is 13.2 Å². The van der Waals surface area contributed by atoms with Crippen LogP contribution in [-0.2, 0) is 17.9 Å². The Balaban J connectivity index is 1.98. The maximum atomic E-state index is 11.8. The van der Waals surface area contributed by atoms with E-state index in [1.165, 1.54) is 0 Å². The SMILES string of the molecule is CN1CCN(Cc2ccc(CO)cc2)C(=O)C1. The second-order valence-corrected chi connectivity index (χ2v) is 4.53. The van der Waals surface area contributed by atoms with Gasteiger partial charge in [-0.25, -0.2) is 0 Å². The fraction of sp³-hybridized carbons (Fsp3) is 0.462. The summed E-state index contributed by atoms with van der Waals surface area (Å²) in [5.41, 5.74) is 2.01. The van der Waals surface area contributed by atoms with Gasteiger partial charge in [0.1, 0.15) is 0 Å². The van der Waals surface area contributed by atoms with Crippen molar-refractivity contribution < 1.29 is 9.90 Å². The van der Waals surface area contributed by atoms with Crippen molar-refractivity contribution in [3.63, 3.8) is 0 Å². The number of aliphatic hydroxyl groups is 1. The zero-order valence-corrected chi connectivity index (χ0v) is 10.1. The molecule has 1 saturated heterocycles. The molecule has 1 amide bonds. The molecule has 1 aromatic rings. The molecule has 0 saturated carbocycles. The summed E-state index contributed by atoms with van der Waals surface area (Å²) in [6.07, 6.45) is 0. The summed E-state index contributed by atoms with van der Waals surface area (Å²) in [6.45, 7) is 2.96. The molecule has 17 heavy (non-hydrogen) atoms. The van der Waals surface area contributed by atoms with Crippen LogP contribution in [0, 0.1) is 0 Å². The molecule has 2 rings (SSSR count). The first-order valence-electron chi connectivity index (χ1n) is 5.84. The lowest BCUT2D eigenvalue weighted by Gasteiger charge is -2.32. The Bertz CT molecular complexity index is 389. The van der Waals surface area contributed by atoms with Crippen molar-refractivity contribution >= 4 is 5.91 Å². The van der Waals surface area contributed by atoms with Gasteiger partial charge in [-0.15, -0.1) is 0 Å². The molecule has 0 aromatic heterocycles. The van der Waals surface area contributed by atoms with Crippen LogP contribution >= 0.6 is 0 Å².